The second kappa shape index (κ2) is 7.10. The molecule has 0 saturated carbocycles. The molecule has 5 N–H and O–H groups in total. The van der Waals surface area contributed by atoms with Crippen molar-refractivity contribution in [2.24, 2.45) is 11.5 Å². The average Bonchev–Trinajstić information content (AvgIpc) is 2.35. The molecule has 0 aliphatic carbocycles. The molecular weight excluding hydrogens is 271 g/mol. The van der Waals surface area contributed by atoms with Crippen molar-refractivity contribution in [3.63, 3.8) is 0 Å². The summed E-state index contributed by atoms with van der Waals surface area (Å²) < 4.78 is 13.6. The van der Waals surface area contributed by atoms with Crippen molar-refractivity contribution in [2.75, 3.05) is 5.75 Å². The molecule has 1 atom stereocenters. The number of primary amides is 1. The van der Waals surface area contributed by atoms with Gasteiger partial charge in [-0.05, 0) is 29.9 Å². The van der Waals surface area contributed by atoms with Gasteiger partial charge in [0.25, 0.3) is 0 Å². The van der Waals surface area contributed by atoms with E-state index in [0.717, 1.165) is 6.07 Å². The molecule has 0 saturated heterocycles. The maximum atomic E-state index is 13.6. The lowest BCUT2D eigenvalue weighted by molar-refractivity contribution is -0.138. The van der Waals surface area contributed by atoms with Gasteiger partial charge in [-0.3, -0.25) is 9.59 Å². The van der Waals surface area contributed by atoms with Crippen LogP contribution in [0.2, 0.25) is 0 Å². The van der Waals surface area contributed by atoms with Gasteiger partial charge in [-0.1, -0.05) is 6.07 Å². The van der Waals surface area contributed by atoms with Crippen LogP contribution in [0, 0.1) is 5.82 Å². The van der Waals surface area contributed by atoms with Gasteiger partial charge in [-0.15, -0.1) is 0 Å². The monoisotopic (exact) mass is 286 g/mol. The molecule has 1 aromatic rings. The molecular formula is C12H15FN2O3S. The molecule has 1 unspecified atom stereocenters. The molecule has 5 nitrogen and oxygen atoms in total. The normalized spacial score (nSPS) is 12.1. The summed E-state index contributed by atoms with van der Waals surface area (Å²) in [5.41, 5.74) is 10.9. The second-order valence-electron chi connectivity index (χ2n) is 3.96. The van der Waals surface area contributed by atoms with E-state index in [1.165, 1.54) is 23.9 Å². The number of amides is 1. The number of carbonyl (C=O) groups is 2. The number of hydrogen-bond acceptors (Lipinski definition) is 4. The SMILES string of the molecule is NC(=O)c1ccc(CSCCC(N)C(=O)O)c(F)c1. The standard InChI is InChI=1S/C12H15FN2O3S/c13-9-5-7(11(15)16)1-2-8(9)6-19-4-3-10(14)12(17)18/h1-2,5,10H,3-4,6,14H2,(H2,15,16)(H,17,18). The summed E-state index contributed by atoms with van der Waals surface area (Å²) in [5, 5.41) is 8.59. The second-order valence-corrected chi connectivity index (χ2v) is 5.06. The Kier molecular flexibility index (Phi) is 5.78. The smallest absolute Gasteiger partial charge is 0.320 e. The van der Waals surface area contributed by atoms with E-state index in [0.29, 0.717) is 23.5 Å². The van der Waals surface area contributed by atoms with E-state index >= 15 is 0 Å². The average molecular weight is 286 g/mol. The first-order valence-electron chi connectivity index (χ1n) is 5.56. The van der Waals surface area contributed by atoms with Crippen LogP contribution >= 0.6 is 11.8 Å². The number of benzene rings is 1. The van der Waals surface area contributed by atoms with Crippen LogP contribution in [0.5, 0.6) is 0 Å². The number of rotatable bonds is 7. The van der Waals surface area contributed by atoms with Crippen LogP contribution in [0.4, 0.5) is 4.39 Å². The molecule has 7 heteroatoms. The third-order valence-corrected chi connectivity index (χ3v) is 3.53. The van der Waals surface area contributed by atoms with Crippen molar-refractivity contribution in [1.82, 2.24) is 0 Å². The van der Waals surface area contributed by atoms with Crippen molar-refractivity contribution in [3.05, 3.63) is 35.1 Å². The summed E-state index contributed by atoms with van der Waals surface area (Å²) in [6.07, 6.45) is 0.320. The van der Waals surface area contributed by atoms with E-state index in [2.05, 4.69) is 0 Å². The van der Waals surface area contributed by atoms with Gasteiger partial charge in [0.1, 0.15) is 11.9 Å². The van der Waals surface area contributed by atoms with Crippen LogP contribution in [0.1, 0.15) is 22.3 Å². The van der Waals surface area contributed by atoms with Gasteiger partial charge in [0.2, 0.25) is 5.91 Å². The zero-order valence-electron chi connectivity index (χ0n) is 10.1. The zero-order chi connectivity index (χ0) is 14.4. The highest BCUT2D eigenvalue weighted by molar-refractivity contribution is 7.98. The molecule has 0 bridgehead atoms. The van der Waals surface area contributed by atoms with Crippen LogP contribution in [0.15, 0.2) is 18.2 Å². The number of hydrogen-bond donors (Lipinski definition) is 3. The van der Waals surface area contributed by atoms with Crippen molar-refractivity contribution in [2.45, 2.75) is 18.2 Å². The highest BCUT2D eigenvalue weighted by Crippen LogP contribution is 2.18. The van der Waals surface area contributed by atoms with Gasteiger partial charge in [-0.25, -0.2) is 4.39 Å². The first-order chi connectivity index (χ1) is 8.91. The topological polar surface area (TPSA) is 106 Å². The molecule has 19 heavy (non-hydrogen) atoms. The fourth-order valence-corrected chi connectivity index (χ4v) is 2.35. The maximum absolute atomic E-state index is 13.6. The Hall–Kier alpha value is -1.60. The number of halogens is 1. The van der Waals surface area contributed by atoms with Crippen LogP contribution in [0.3, 0.4) is 0 Å². The molecule has 104 valence electrons. The van der Waals surface area contributed by atoms with Gasteiger partial charge in [-0.2, -0.15) is 11.8 Å². The van der Waals surface area contributed by atoms with Gasteiger partial charge >= 0.3 is 5.97 Å². The largest absolute Gasteiger partial charge is 0.480 e. The highest BCUT2D eigenvalue weighted by Gasteiger charge is 2.11. The Bertz CT molecular complexity index is 482. The van der Waals surface area contributed by atoms with E-state index in [-0.39, 0.29) is 5.56 Å². The van der Waals surface area contributed by atoms with Crippen LogP contribution < -0.4 is 11.5 Å². The number of carbonyl (C=O) groups excluding carboxylic acids is 1. The molecule has 1 amide bonds. The quantitative estimate of drug-likeness (QED) is 0.647. The number of carboxylic acid groups (broad SMARTS) is 1. The number of carboxylic acids is 1. The first kappa shape index (κ1) is 15.5. The summed E-state index contributed by atoms with van der Waals surface area (Å²) >= 11 is 1.38. The minimum atomic E-state index is -1.04. The minimum Gasteiger partial charge on any atom is -0.480 e. The van der Waals surface area contributed by atoms with Gasteiger partial charge in [0.05, 0.1) is 0 Å². The zero-order valence-corrected chi connectivity index (χ0v) is 11.0. The van der Waals surface area contributed by atoms with Crippen LogP contribution in [-0.4, -0.2) is 28.8 Å². The Labute approximate surface area is 114 Å². The molecule has 0 aromatic heterocycles. The Morgan fingerprint density at radius 1 is 1.42 bits per heavy atom. The third kappa shape index (κ3) is 4.88. The predicted molar refractivity (Wildman–Crippen MR) is 71.3 cm³/mol. The minimum absolute atomic E-state index is 0.124. The molecule has 0 spiro atoms. The summed E-state index contributed by atoms with van der Waals surface area (Å²) in [4.78, 5) is 21.3. The summed E-state index contributed by atoms with van der Waals surface area (Å²) in [6, 6.07) is 3.17. The van der Waals surface area contributed by atoms with E-state index in [1.807, 2.05) is 0 Å². The third-order valence-electron chi connectivity index (χ3n) is 2.49. The van der Waals surface area contributed by atoms with Crippen molar-refractivity contribution >= 4 is 23.6 Å². The summed E-state index contributed by atoms with van der Waals surface area (Å²) in [5.74, 6) is -1.31. The van der Waals surface area contributed by atoms with E-state index in [1.54, 1.807) is 0 Å². The molecule has 1 aromatic carbocycles. The van der Waals surface area contributed by atoms with E-state index in [4.69, 9.17) is 16.6 Å². The summed E-state index contributed by atoms with van der Waals surface area (Å²) in [6.45, 7) is 0. The first-order valence-corrected chi connectivity index (χ1v) is 6.71. The van der Waals surface area contributed by atoms with Crippen molar-refractivity contribution in [3.8, 4) is 0 Å². The molecule has 1 rings (SSSR count). The van der Waals surface area contributed by atoms with Gasteiger partial charge in [0, 0.05) is 11.3 Å². The molecule has 0 aliphatic heterocycles. The predicted octanol–water partition coefficient (Wildman–Crippen LogP) is 0.960. The van der Waals surface area contributed by atoms with Crippen LogP contribution in [-0.2, 0) is 10.5 Å². The lowest BCUT2D eigenvalue weighted by Crippen LogP contribution is -2.30. The number of aliphatic carboxylic acids is 1. The van der Waals surface area contributed by atoms with Crippen LogP contribution in [0.25, 0.3) is 0 Å². The molecule has 0 fully saturated rings. The Morgan fingerprint density at radius 2 is 2.11 bits per heavy atom. The van der Waals surface area contributed by atoms with Gasteiger partial charge in [0.15, 0.2) is 0 Å². The van der Waals surface area contributed by atoms with E-state index in [9.17, 15) is 14.0 Å². The molecule has 0 heterocycles. The van der Waals surface area contributed by atoms with Crippen molar-refractivity contribution in [1.29, 1.82) is 0 Å². The lowest BCUT2D eigenvalue weighted by atomic mass is 10.1. The highest BCUT2D eigenvalue weighted by atomic mass is 32.2. The molecule has 0 radical (unpaired) electrons. The van der Waals surface area contributed by atoms with E-state index < -0.39 is 23.7 Å². The lowest BCUT2D eigenvalue weighted by Gasteiger charge is -2.07. The number of thioether (sulfide) groups is 1. The Morgan fingerprint density at radius 3 is 2.63 bits per heavy atom. The summed E-state index contributed by atoms with van der Waals surface area (Å²) in [7, 11) is 0. The van der Waals surface area contributed by atoms with Crippen molar-refractivity contribution < 1.29 is 19.1 Å². The molecule has 0 aliphatic rings. The fourth-order valence-electron chi connectivity index (χ4n) is 1.33. The Balaban J connectivity index is 2.46. The fraction of sp³-hybridized carbons (Fsp3) is 0.333. The number of nitrogens with two attached hydrogens (primary N) is 2. The van der Waals surface area contributed by atoms with Gasteiger partial charge < -0.3 is 16.6 Å². The maximum Gasteiger partial charge on any atom is 0.320 e.